The maximum atomic E-state index is 14.3. The molecular formula is C26H30FN5O2. The van der Waals surface area contributed by atoms with Gasteiger partial charge in [-0.05, 0) is 18.2 Å². The van der Waals surface area contributed by atoms with E-state index in [9.17, 15) is 9.18 Å². The maximum Gasteiger partial charge on any atom is 0.317 e. The molecule has 0 atom stereocenters. The molecule has 34 heavy (non-hydrogen) atoms. The number of methoxy groups -OCH3 is 1. The first-order valence-electron chi connectivity index (χ1n) is 11.3. The number of amides is 2. The number of nitrogens with one attached hydrogen (secondary N) is 1. The van der Waals surface area contributed by atoms with Crippen molar-refractivity contribution in [2.75, 3.05) is 27.2 Å². The molecule has 7 nitrogen and oxygen atoms in total. The first-order chi connectivity index (χ1) is 16.5. The van der Waals surface area contributed by atoms with E-state index in [4.69, 9.17) is 9.84 Å². The van der Waals surface area contributed by atoms with E-state index in [0.717, 1.165) is 41.4 Å². The standard InChI is InChI=1S/C26H30FN5O2/c1-4-14-28-26(33)30(2)18-22-20-17-31(16-19-9-5-6-10-21(19)27)15-13-23(20)32(29-22)24-11-7-8-12-25(24)34-3/h4-12H,1,13-18H2,2-3H3,(H,28,33). The summed E-state index contributed by atoms with van der Waals surface area (Å²) in [7, 11) is 3.39. The summed E-state index contributed by atoms with van der Waals surface area (Å²) < 4.78 is 21.8. The number of rotatable bonds is 8. The minimum Gasteiger partial charge on any atom is -0.494 e. The summed E-state index contributed by atoms with van der Waals surface area (Å²) in [6, 6.07) is 14.4. The van der Waals surface area contributed by atoms with Gasteiger partial charge in [-0.1, -0.05) is 36.4 Å². The fourth-order valence-electron chi connectivity index (χ4n) is 4.27. The van der Waals surface area contributed by atoms with E-state index in [-0.39, 0.29) is 11.8 Å². The second kappa shape index (κ2) is 10.5. The largest absolute Gasteiger partial charge is 0.494 e. The molecule has 1 aliphatic heterocycles. The molecule has 1 aliphatic rings. The van der Waals surface area contributed by atoms with Gasteiger partial charge in [-0.25, -0.2) is 13.9 Å². The summed E-state index contributed by atoms with van der Waals surface area (Å²) in [6.07, 6.45) is 2.39. The Morgan fingerprint density at radius 3 is 2.79 bits per heavy atom. The molecule has 2 aromatic carbocycles. The second-order valence-electron chi connectivity index (χ2n) is 8.34. The van der Waals surface area contributed by atoms with E-state index in [0.29, 0.717) is 31.7 Å². The summed E-state index contributed by atoms with van der Waals surface area (Å²) >= 11 is 0. The summed E-state index contributed by atoms with van der Waals surface area (Å²) in [5.74, 6) is 0.530. The van der Waals surface area contributed by atoms with Crippen LogP contribution in [-0.2, 0) is 26.1 Å². The molecule has 3 aromatic rings. The molecular weight excluding hydrogens is 433 g/mol. The Morgan fingerprint density at radius 2 is 2.03 bits per heavy atom. The lowest BCUT2D eigenvalue weighted by Gasteiger charge is -2.28. The Labute approximate surface area is 199 Å². The van der Waals surface area contributed by atoms with Gasteiger partial charge in [0.05, 0.1) is 25.0 Å². The van der Waals surface area contributed by atoms with Crippen molar-refractivity contribution >= 4 is 6.03 Å². The molecule has 0 bridgehead atoms. The van der Waals surface area contributed by atoms with Crippen molar-refractivity contribution in [3.8, 4) is 11.4 Å². The zero-order chi connectivity index (χ0) is 24.1. The van der Waals surface area contributed by atoms with Gasteiger partial charge in [-0.3, -0.25) is 4.90 Å². The third-order valence-corrected chi connectivity index (χ3v) is 6.02. The van der Waals surface area contributed by atoms with Crippen LogP contribution in [0.5, 0.6) is 5.75 Å². The van der Waals surface area contributed by atoms with E-state index < -0.39 is 0 Å². The fourth-order valence-corrected chi connectivity index (χ4v) is 4.27. The van der Waals surface area contributed by atoms with Crippen LogP contribution < -0.4 is 10.1 Å². The number of aromatic nitrogens is 2. The molecule has 0 spiro atoms. The van der Waals surface area contributed by atoms with Gasteiger partial charge in [-0.2, -0.15) is 5.10 Å². The molecule has 0 aliphatic carbocycles. The van der Waals surface area contributed by atoms with Crippen LogP contribution in [-0.4, -0.2) is 52.9 Å². The first-order valence-corrected chi connectivity index (χ1v) is 11.3. The smallest absolute Gasteiger partial charge is 0.317 e. The van der Waals surface area contributed by atoms with Crippen molar-refractivity contribution in [2.24, 2.45) is 0 Å². The van der Waals surface area contributed by atoms with Crippen LogP contribution in [0.15, 0.2) is 61.2 Å². The number of hydrogen-bond acceptors (Lipinski definition) is 4. The Balaban J connectivity index is 1.67. The quantitative estimate of drug-likeness (QED) is 0.515. The number of benzene rings is 2. The lowest BCUT2D eigenvalue weighted by atomic mass is 10.0. The average Bonchev–Trinajstić information content (AvgIpc) is 3.21. The molecule has 0 fully saturated rings. The van der Waals surface area contributed by atoms with Gasteiger partial charge in [0.1, 0.15) is 17.3 Å². The monoisotopic (exact) mass is 463 g/mol. The summed E-state index contributed by atoms with van der Waals surface area (Å²) in [5.41, 5.74) is 4.50. The van der Waals surface area contributed by atoms with Gasteiger partial charge < -0.3 is 15.0 Å². The number of fused-ring (bicyclic) bond motifs is 1. The predicted octanol–water partition coefficient (Wildman–Crippen LogP) is 3.91. The lowest BCUT2D eigenvalue weighted by molar-refractivity contribution is 0.206. The number of ether oxygens (including phenoxy) is 1. The zero-order valence-corrected chi connectivity index (χ0v) is 19.6. The van der Waals surface area contributed by atoms with E-state index in [2.05, 4.69) is 16.8 Å². The van der Waals surface area contributed by atoms with Crippen molar-refractivity contribution < 1.29 is 13.9 Å². The molecule has 0 radical (unpaired) electrons. The highest BCUT2D eigenvalue weighted by atomic mass is 19.1. The van der Waals surface area contributed by atoms with Gasteiger partial charge in [0.25, 0.3) is 0 Å². The minimum absolute atomic E-state index is 0.195. The Morgan fingerprint density at radius 1 is 1.26 bits per heavy atom. The highest BCUT2D eigenvalue weighted by molar-refractivity contribution is 5.74. The first kappa shape index (κ1) is 23.5. The number of nitrogens with zero attached hydrogens (tertiary/aromatic N) is 4. The fraction of sp³-hybridized carbons (Fsp3) is 0.308. The molecule has 4 rings (SSSR count). The van der Waals surface area contributed by atoms with Crippen LogP contribution in [0.25, 0.3) is 5.69 Å². The van der Waals surface area contributed by atoms with Gasteiger partial charge in [-0.15, -0.1) is 6.58 Å². The predicted molar refractivity (Wildman–Crippen MR) is 129 cm³/mol. The number of carbonyl (C=O) groups excluding carboxylic acids is 1. The average molecular weight is 464 g/mol. The van der Waals surface area contributed by atoms with Gasteiger partial charge in [0, 0.05) is 50.8 Å². The van der Waals surface area contributed by atoms with Crippen LogP contribution in [0.4, 0.5) is 9.18 Å². The summed E-state index contributed by atoms with van der Waals surface area (Å²) in [5, 5.41) is 7.73. The van der Waals surface area contributed by atoms with E-state index >= 15 is 0 Å². The number of halogens is 1. The molecule has 1 N–H and O–H groups in total. The van der Waals surface area contributed by atoms with E-state index in [1.807, 2.05) is 41.1 Å². The third-order valence-electron chi connectivity index (χ3n) is 6.02. The Bertz CT molecular complexity index is 1180. The second-order valence-corrected chi connectivity index (χ2v) is 8.34. The molecule has 1 aromatic heterocycles. The van der Waals surface area contributed by atoms with Crippen molar-refractivity contribution in [3.63, 3.8) is 0 Å². The van der Waals surface area contributed by atoms with Crippen molar-refractivity contribution in [1.29, 1.82) is 0 Å². The van der Waals surface area contributed by atoms with E-state index in [1.54, 1.807) is 31.2 Å². The van der Waals surface area contributed by atoms with Crippen LogP contribution in [0, 0.1) is 5.82 Å². The van der Waals surface area contributed by atoms with E-state index in [1.165, 1.54) is 6.07 Å². The Hall–Kier alpha value is -3.65. The number of hydrogen-bond donors (Lipinski definition) is 1. The van der Waals surface area contributed by atoms with Crippen molar-refractivity contribution in [3.05, 3.63) is 89.5 Å². The van der Waals surface area contributed by atoms with Crippen molar-refractivity contribution in [1.82, 2.24) is 24.9 Å². The minimum atomic E-state index is -0.197. The Kier molecular flexibility index (Phi) is 7.27. The molecule has 0 saturated carbocycles. The van der Waals surface area contributed by atoms with Crippen LogP contribution in [0.2, 0.25) is 0 Å². The molecule has 2 heterocycles. The summed E-state index contributed by atoms with van der Waals surface area (Å²) in [4.78, 5) is 16.3. The maximum absolute atomic E-state index is 14.3. The molecule has 0 unspecified atom stereocenters. The summed E-state index contributed by atoms with van der Waals surface area (Å²) in [6.45, 7) is 6.30. The topological polar surface area (TPSA) is 62.6 Å². The molecule has 0 saturated heterocycles. The van der Waals surface area contributed by atoms with Crippen LogP contribution in [0.3, 0.4) is 0 Å². The molecule has 178 valence electrons. The number of urea groups is 1. The molecule has 8 heteroatoms. The third kappa shape index (κ3) is 4.97. The van der Waals surface area contributed by atoms with Crippen LogP contribution in [0.1, 0.15) is 22.5 Å². The SMILES string of the molecule is C=CCNC(=O)N(C)Cc1nn(-c2ccccc2OC)c2c1CN(Cc1ccccc1F)CC2. The normalized spacial score (nSPS) is 13.3. The highest BCUT2D eigenvalue weighted by Gasteiger charge is 2.28. The van der Waals surface area contributed by atoms with Gasteiger partial charge in [0.2, 0.25) is 0 Å². The molecule has 2 amide bonds. The number of carbonyl (C=O) groups is 1. The van der Waals surface area contributed by atoms with Gasteiger partial charge in [0.15, 0.2) is 0 Å². The van der Waals surface area contributed by atoms with Crippen molar-refractivity contribution in [2.45, 2.75) is 26.1 Å². The number of para-hydroxylation sites is 2. The lowest BCUT2D eigenvalue weighted by Crippen LogP contribution is -2.37. The highest BCUT2D eigenvalue weighted by Crippen LogP contribution is 2.30. The van der Waals surface area contributed by atoms with Crippen LogP contribution >= 0.6 is 0 Å². The van der Waals surface area contributed by atoms with Gasteiger partial charge >= 0.3 is 6.03 Å². The zero-order valence-electron chi connectivity index (χ0n) is 19.6.